The van der Waals surface area contributed by atoms with Crippen LogP contribution in [0.25, 0.3) is 0 Å². The fourth-order valence-corrected chi connectivity index (χ4v) is 2.24. The van der Waals surface area contributed by atoms with Crippen molar-refractivity contribution in [1.29, 1.82) is 0 Å². The second-order valence-electron chi connectivity index (χ2n) is 5.76. The number of aliphatic carboxylic acids is 1. The molecular weight excluding hydrogens is 260 g/mol. The third kappa shape index (κ3) is 4.51. The molecule has 2 amide bonds. The zero-order valence-corrected chi connectivity index (χ0v) is 12.4. The second kappa shape index (κ2) is 7.26. The van der Waals surface area contributed by atoms with Crippen LogP contribution in [0.4, 0.5) is 0 Å². The number of nitrogens with one attached hydrogen (secondary N) is 1. The SMILES string of the molecule is CC(C)C(=O)N1CCCC(C(=O)NCC(C)C(=O)O)C1. The summed E-state index contributed by atoms with van der Waals surface area (Å²) in [6, 6.07) is 0. The summed E-state index contributed by atoms with van der Waals surface area (Å²) in [5.74, 6) is -1.90. The van der Waals surface area contributed by atoms with Gasteiger partial charge in [0.15, 0.2) is 0 Å². The Morgan fingerprint density at radius 3 is 2.50 bits per heavy atom. The average molecular weight is 284 g/mol. The number of likely N-dealkylation sites (tertiary alicyclic amines) is 1. The molecule has 20 heavy (non-hydrogen) atoms. The predicted octanol–water partition coefficient (Wildman–Crippen LogP) is 0.718. The molecule has 2 unspecified atom stereocenters. The minimum Gasteiger partial charge on any atom is -0.481 e. The van der Waals surface area contributed by atoms with Crippen molar-refractivity contribution in [2.45, 2.75) is 33.6 Å². The summed E-state index contributed by atoms with van der Waals surface area (Å²) in [6.07, 6.45) is 1.56. The third-order valence-corrected chi connectivity index (χ3v) is 3.60. The topological polar surface area (TPSA) is 86.7 Å². The molecule has 0 radical (unpaired) electrons. The Balaban J connectivity index is 2.48. The lowest BCUT2D eigenvalue weighted by atomic mass is 9.96. The van der Waals surface area contributed by atoms with Crippen molar-refractivity contribution in [3.63, 3.8) is 0 Å². The van der Waals surface area contributed by atoms with Gasteiger partial charge in [0.25, 0.3) is 0 Å². The van der Waals surface area contributed by atoms with Gasteiger partial charge < -0.3 is 15.3 Å². The summed E-state index contributed by atoms with van der Waals surface area (Å²) in [6.45, 7) is 6.51. The van der Waals surface area contributed by atoms with E-state index in [0.717, 1.165) is 12.8 Å². The highest BCUT2D eigenvalue weighted by Crippen LogP contribution is 2.18. The summed E-state index contributed by atoms with van der Waals surface area (Å²) >= 11 is 0. The van der Waals surface area contributed by atoms with Crippen LogP contribution in [0.1, 0.15) is 33.6 Å². The minimum atomic E-state index is -0.925. The van der Waals surface area contributed by atoms with E-state index in [1.54, 1.807) is 11.8 Å². The molecule has 0 aliphatic carbocycles. The van der Waals surface area contributed by atoms with Gasteiger partial charge in [-0.2, -0.15) is 0 Å². The number of nitrogens with zero attached hydrogens (tertiary/aromatic N) is 1. The Kier molecular flexibility index (Phi) is 5.98. The normalized spacial score (nSPS) is 20.6. The molecule has 0 aromatic rings. The predicted molar refractivity (Wildman–Crippen MR) is 74.0 cm³/mol. The lowest BCUT2D eigenvalue weighted by Crippen LogP contribution is -2.47. The number of carboxylic acid groups (broad SMARTS) is 1. The number of hydrogen-bond acceptors (Lipinski definition) is 3. The van der Waals surface area contributed by atoms with Crippen LogP contribution < -0.4 is 5.32 Å². The summed E-state index contributed by atoms with van der Waals surface area (Å²) in [4.78, 5) is 36.4. The van der Waals surface area contributed by atoms with E-state index in [2.05, 4.69) is 5.32 Å². The monoisotopic (exact) mass is 284 g/mol. The fraction of sp³-hybridized carbons (Fsp3) is 0.786. The number of amides is 2. The number of carbonyl (C=O) groups excluding carboxylic acids is 2. The van der Waals surface area contributed by atoms with Gasteiger partial charge in [-0.1, -0.05) is 20.8 Å². The molecule has 1 saturated heterocycles. The van der Waals surface area contributed by atoms with Crippen LogP contribution in [0.15, 0.2) is 0 Å². The van der Waals surface area contributed by atoms with Crippen molar-refractivity contribution in [1.82, 2.24) is 10.2 Å². The summed E-state index contributed by atoms with van der Waals surface area (Å²) in [5.41, 5.74) is 0. The molecule has 1 rings (SSSR count). The first kappa shape index (κ1) is 16.5. The minimum absolute atomic E-state index is 0.0659. The van der Waals surface area contributed by atoms with Crippen molar-refractivity contribution in [3.05, 3.63) is 0 Å². The molecular formula is C14H24N2O4. The third-order valence-electron chi connectivity index (χ3n) is 3.60. The number of rotatable bonds is 5. The Hall–Kier alpha value is -1.59. The molecule has 1 aliphatic rings. The van der Waals surface area contributed by atoms with E-state index in [9.17, 15) is 14.4 Å². The molecule has 0 bridgehead atoms. The maximum atomic E-state index is 12.0. The van der Waals surface area contributed by atoms with Crippen molar-refractivity contribution in [2.75, 3.05) is 19.6 Å². The van der Waals surface area contributed by atoms with E-state index in [1.165, 1.54) is 0 Å². The molecule has 0 saturated carbocycles. The quantitative estimate of drug-likeness (QED) is 0.778. The Morgan fingerprint density at radius 2 is 1.95 bits per heavy atom. The van der Waals surface area contributed by atoms with E-state index >= 15 is 0 Å². The highest BCUT2D eigenvalue weighted by atomic mass is 16.4. The van der Waals surface area contributed by atoms with E-state index in [1.807, 2.05) is 13.8 Å². The van der Waals surface area contributed by atoms with Crippen LogP contribution in [0.3, 0.4) is 0 Å². The van der Waals surface area contributed by atoms with Gasteiger partial charge in [-0.25, -0.2) is 0 Å². The standard InChI is InChI=1S/C14H24N2O4/c1-9(2)13(18)16-6-4-5-11(8-16)12(17)15-7-10(3)14(19)20/h9-11H,4-8H2,1-3H3,(H,15,17)(H,19,20). The van der Waals surface area contributed by atoms with Crippen molar-refractivity contribution in [2.24, 2.45) is 17.8 Å². The zero-order chi connectivity index (χ0) is 15.3. The molecule has 2 N–H and O–H groups in total. The van der Waals surface area contributed by atoms with E-state index in [0.29, 0.717) is 13.1 Å². The summed E-state index contributed by atoms with van der Waals surface area (Å²) < 4.78 is 0. The van der Waals surface area contributed by atoms with Crippen molar-refractivity contribution in [3.8, 4) is 0 Å². The number of carbonyl (C=O) groups is 3. The highest BCUT2D eigenvalue weighted by molar-refractivity contribution is 5.82. The van der Waals surface area contributed by atoms with Gasteiger partial charge in [0.1, 0.15) is 0 Å². The molecule has 1 fully saturated rings. The van der Waals surface area contributed by atoms with Gasteiger partial charge in [0.2, 0.25) is 11.8 Å². The van der Waals surface area contributed by atoms with Gasteiger partial charge in [-0.15, -0.1) is 0 Å². The smallest absolute Gasteiger partial charge is 0.308 e. The Morgan fingerprint density at radius 1 is 1.30 bits per heavy atom. The molecule has 1 heterocycles. The molecule has 6 nitrogen and oxygen atoms in total. The maximum Gasteiger partial charge on any atom is 0.308 e. The lowest BCUT2D eigenvalue weighted by Gasteiger charge is -2.33. The van der Waals surface area contributed by atoms with E-state index < -0.39 is 11.9 Å². The summed E-state index contributed by atoms with van der Waals surface area (Å²) in [7, 11) is 0. The fourth-order valence-electron chi connectivity index (χ4n) is 2.24. The average Bonchev–Trinajstić information content (AvgIpc) is 2.43. The molecule has 0 spiro atoms. The largest absolute Gasteiger partial charge is 0.481 e. The highest BCUT2D eigenvalue weighted by Gasteiger charge is 2.29. The van der Waals surface area contributed by atoms with Crippen LogP contribution in [-0.4, -0.2) is 47.4 Å². The van der Waals surface area contributed by atoms with Crippen LogP contribution in [-0.2, 0) is 14.4 Å². The molecule has 0 aromatic carbocycles. The first-order valence-corrected chi connectivity index (χ1v) is 7.12. The maximum absolute atomic E-state index is 12.0. The van der Waals surface area contributed by atoms with Crippen LogP contribution in [0.5, 0.6) is 0 Å². The van der Waals surface area contributed by atoms with Gasteiger partial charge in [-0.05, 0) is 12.8 Å². The summed E-state index contributed by atoms with van der Waals surface area (Å²) in [5, 5.41) is 11.4. The number of piperidine rings is 1. The van der Waals surface area contributed by atoms with Crippen molar-refractivity contribution < 1.29 is 19.5 Å². The molecule has 0 aromatic heterocycles. The lowest BCUT2D eigenvalue weighted by molar-refractivity contribution is -0.141. The van der Waals surface area contributed by atoms with E-state index in [4.69, 9.17) is 5.11 Å². The molecule has 1 aliphatic heterocycles. The van der Waals surface area contributed by atoms with Gasteiger partial charge in [0.05, 0.1) is 11.8 Å². The molecule has 2 atom stereocenters. The van der Waals surface area contributed by atoms with Crippen LogP contribution in [0, 0.1) is 17.8 Å². The molecule has 114 valence electrons. The van der Waals surface area contributed by atoms with Crippen molar-refractivity contribution >= 4 is 17.8 Å². The van der Waals surface area contributed by atoms with Crippen LogP contribution in [0.2, 0.25) is 0 Å². The van der Waals surface area contributed by atoms with Gasteiger partial charge in [-0.3, -0.25) is 14.4 Å². The first-order valence-electron chi connectivity index (χ1n) is 7.12. The van der Waals surface area contributed by atoms with Gasteiger partial charge in [0, 0.05) is 25.6 Å². The Bertz CT molecular complexity index is 381. The Labute approximate surface area is 119 Å². The van der Waals surface area contributed by atoms with E-state index in [-0.39, 0.29) is 30.2 Å². The number of hydrogen-bond donors (Lipinski definition) is 2. The zero-order valence-electron chi connectivity index (χ0n) is 12.4. The molecule has 6 heteroatoms. The second-order valence-corrected chi connectivity index (χ2v) is 5.76. The first-order chi connectivity index (χ1) is 9.32. The van der Waals surface area contributed by atoms with Crippen LogP contribution >= 0.6 is 0 Å². The number of carboxylic acids is 1. The van der Waals surface area contributed by atoms with Gasteiger partial charge >= 0.3 is 5.97 Å².